The molecule has 2 aromatic rings. The Morgan fingerprint density at radius 3 is 2.62 bits per heavy atom. The third-order valence-electron chi connectivity index (χ3n) is 2.91. The van der Waals surface area contributed by atoms with Crippen molar-refractivity contribution in [2.75, 3.05) is 0 Å². The van der Waals surface area contributed by atoms with E-state index in [4.69, 9.17) is 0 Å². The summed E-state index contributed by atoms with van der Waals surface area (Å²) >= 11 is 1.73. The highest BCUT2D eigenvalue weighted by molar-refractivity contribution is 7.98. The molecule has 0 fully saturated rings. The Kier molecular flexibility index (Phi) is 2.44. The fourth-order valence-electron chi connectivity index (χ4n) is 2.04. The van der Waals surface area contributed by atoms with Crippen molar-refractivity contribution in [2.45, 2.75) is 17.1 Å². The first kappa shape index (κ1) is 9.91. The van der Waals surface area contributed by atoms with Gasteiger partial charge in [-0.15, -0.1) is 11.8 Å². The molecule has 0 unspecified atom stereocenters. The summed E-state index contributed by atoms with van der Waals surface area (Å²) in [4.78, 5) is 1.08. The van der Waals surface area contributed by atoms with Gasteiger partial charge in [0.05, 0.1) is 0 Å². The minimum atomic E-state index is -0.141. The second kappa shape index (κ2) is 3.95. The molecule has 0 amide bonds. The molecule has 0 aliphatic carbocycles. The molecule has 0 aromatic heterocycles. The van der Waals surface area contributed by atoms with E-state index in [-0.39, 0.29) is 5.82 Å². The van der Waals surface area contributed by atoms with Crippen LogP contribution in [-0.4, -0.2) is 0 Å². The Labute approximate surface area is 98.5 Å². The van der Waals surface area contributed by atoms with E-state index in [0.717, 1.165) is 17.1 Å². The van der Waals surface area contributed by atoms with Crippen LogP contribution in [0.25, 0.3) is 0 Å². The maximum atomic E-state index is 13.1. The Bertz CT molecular complexity index is 534. The third-order valence-corrected chi connectivity index (χ3v) is 4.06. The van der Waals surface area contributed by atoms with Crippen LogP contribution < -0.4 is 0 Å². The summed E-state index contributed by atoms with van der Waals surface area (Å²) in [6, 6.07) is 13.5. The molecular weight excluding hydrogens is 219 g/mol. The molecule has 1 aliphatic heterocycles. The van der Waals surface area contributed by atoms with Gasteiger partial charge in [0.15, 0.2) is 0 Å². The summed E-state index contributed by atoms with van der Waals surface area (Å²) in [6.07, 6.45) is 0.915. The lowest BCUT2D eigenvalue weighted by molar-refractivity contribution is 0.623. The van der Waals surface area contributed by atoms with Crippen LogP contribution in [0.3, 0.4) is 0 Å². The zero-order valence-electron chi connectivity index (χ0n) is 8.74. The summed E-state index contributed by atoms with van der Waals surface area (Å²) in [5.74, 6) is 0.796. The van der Waals surface area contributed by atoms with Crippen LogP contribution in [0.4, 0.5) is 4.39 Å². The topological polar surface area (TPSA) is 0 Å². The molecule has 0 radical (unpaired) electrons. The van der Waals surface area contributed by atoms with Gasteiger partial charge in [0.1, 0.15) is 5.82 Å². The first-order valence-electron chi connectivity index (χ1n) is 5.31. The van der Waals surface area contributed by atoms with E-state index in [1.165, 1.54) is 16.7 Å². The lowest BCUT2D eigenvalue weighted by Crippen LogP contribution is -1.91. The molecule has 0 saturated carbocycles. The second-order valence-corrected chi connectivity index (χ2v) is 5.00. The number of hydrogen-bond donors (Lipinski definition) is 0. The van der Waals surface area contributed by atoms with Crippen molar-refractivity contribution in [3.05, 3.63) is 65.0 Å². The monoisotopic (exact) mass is 230 g/mol. The van der Waals surface area contributed by atoms with E-state index in [2.05, 4.69) is 24.3 Å². The second-order valence-electron chi connectivity index (χ2n) is 3.99. The van der Waals surface area contributed by atoms with Crippen LogP contribution in [0.2, 0.25) is 0 Å². The Morgan fingerprint density at radius 1 is 0.938 bits per heavy atom. The molecule has 1 heterocycles. The summed E-state index contributed by atoms with van der Waals surface area (Å²) < 4.78 is 13.1. The molecule has 1 aliphatic rings. The van der Waals surface area contributed by atoms with Crippen molar-refractivity contribution in [1.29, 1.82) is 0 Å². The van der Waals surface area contributed by atoms with Gasteiger partial charge < -0.3 is 0 Å². The minimum Gasteiger partial charge on any atom is -0.207 e. The molecule has 0 N–H and O–H groups in total. The average Bonchev–Trinajstić information content (AvgIpc) is 2.48. The first-order chi connectivity index (χ1) is 7.83. The number of thioether (sulfide) groups is 1. The van der Waals surface area contributed by atoms with E-state index in [0.29, 0.717) is 0 Å². The van der Waals surface area contributed by atoms with Gasteiger partial charge in [0.2, 0.25) is 0 Å². The van der Waals surface area contributed by atoms with E-state index in [9.17, 15) is 4.39 Å². The first-order valence-corrected chi connectivity index (χ1v) is 6.29. The van der Waals surface area contributed by atoms with Gasteiger partial charge in [0, 0.05) is 10.6 Å². The predicted octanol–water partition coefficient (Wildman–Crippen LogP) is 4.02. The summed E-state index contributed by atoms with van der Waals surface area (Å²) in [6.45, 7) is 0. The van der Waals surface area contributed by atoms with E-state index < -0.39 is 0 Å². The molecule has 0 saturated heterocycles. The number of benzene rings is 2. The number of halogens is 1. The van der Waals surface area contributed by atoms with Crippen LogP contribution in [0.1, 0.15) is 16.7 Å². The summed E-state index contributed by atoms with van der Waals surface area (Å²) in [7, 11) is 0. The fraction of sp³-hybridized carbons (Fsp3) is 0.143. The summed E-state index contributed by atoms with van der Waals surface area (Å²) in [5, 5.41) is 0. The van der Waals surface area contributed by atoms with Crippen molar-refractivity contribution in [3.8, 4) is 0 Å². The van der Waals surface area contributed by atoms with Crippen molar-refractivity contribution in [1.82, 2.24) is 0 Å². The number of rotatable bonds is 0. The van der Waals surface area contributed by atoms with Gasteiger partial charge in [-0.25, -0.2) is 4.39 Å². The fourth-order valence-corrected chi connectivity index (χ4v) is 3.15. The molecule has 0 spiro atoms. The maximum absolute atomic E-state index is 13.1. The highest BCUT2D eigenvalue weighted by Gasteiger charge is 2.13. The molecule has 0 bridgehead atoms. The normalized spacial score (nSPS) is 13.8. The molecular formula is C14H11FS. The van der Waals surface area contributed by atoms with Crippen LogP contribution in [0.5, 0.6) is 0 Å². The van der Waals surface area contributed by atoms with Crippen LogP contribution in [0, 0.1) is 5.82 Å². The van der Waals surface area contributed by atoms with Gasteiger partial charge in [0.25, 0.3) is 0 Å². The van der Waals surface area contributed by atoms with Crippen LogP contribution in [0.15, 0.2) is 47.4 Å². The highest BCUT2D eigenvalue weighted by atomic mass is 32.2. The van der Waals surface area contributed by atoms with Gasteiger partial charge >= 0.3 is 0 Å². The zero-order valence-corrected chi connectivity index (χ0v) is 9.56. The van der Waals surface area contributed by atoms with Gasteiger partial charge in [-0.2, -0.15) is 0 Å². The molecule has 2 heteroatoms. The summed E-state index contributed by atoms with van der Waals surface area (Å²) in [5.41, 5.74) is 3.96. The minimum absolute atomic E-state index is 0.141. The predicted molar refractivity (Wildman–Crippen MR) is 65.2 cm³/mol. The largest absolute Gasteiger partial charge is 0.207 e. The SMILES string of the molecule is Fc1ccc2c(c1)SCc1ccccc1C2. The third kappa shape index (κ3) is 1.74. The van der Waals surface area contributed by atoms with Crippen LogP contribution >= 0.6 is 11.8 Å². The number of fused-ring (bicyclic) bond motifs is 2. The average molecular weight is 230 g/mol. The quantitative estimate of drug-likeness (QED) is 0.658. The molecule has 2 aromatic carbocycles. The van der Waals surface area contributed by atoms with E-state index in [1.807, 2.05) is 6.07 Å². The van der Waals surface area contributed by atoms with E-state index >= 15 is 0 Å². The lowest BCUT2D eigenvalue weighted by atomic mass is 10.0. The molecule has 80 valence electrons. The maximum Gasteiger partial charge on any atom is 0.124 e. The van der Waals surface area contributed by atoms with Crippen molar-refractivity contribution >= 4 is 11.8 Å². The van der Waals surface area contributed by atoms with Crippen molar-refractivity contribution in [3.63, 3.8) is 0 Å². The molecule has 0 atom stereocenters. The molecule has 16 heavy (non-hydrogen) atoms. The van der Waals surface area contributed by atoms with Crippen molar-refractivity contribution in [2.24, 2.45) is 0 Å². The Hall–Kier alpha value is -1.28. The van der Waals surface area contributed by atoms with Crippen molar-refractivity contribution < 1.29 is 4.39 Å². The smallest absolute Gasteiger partial charge is 0.124 e. The Balaban J connectivity index is 2.08. The van der Waals surface area contributed by atoms with Gasteiger partial charge in [-0.3, -0.25) is 0 Å². The standard InChI is InChI=1S/C14H11FS/c15-13-6-5-11-7-10-3-1-2-4-12(10)9-16-14(11)8-13/h1-6,8H,7,9H2. The van der Waals surface area contributed by atoms with E-state index in [1.54, 1.807) is 23.9 Å². The highest BCUT2D eigenvalue weighted by Crippen LogP contribution is 2.33. The molecule has 0 nitrogen and oxygen atoms in total. The lowest BCUT2D eigenvalue weighted by Gasteiger charge is -2.04. The van der Waals surface area contributed by atoms with Crippen LogP contribution in [-0.2, 0) is 12.2 Å². The molecule has 3 rings (SSSR count). The Morgan fingerprint density at radius 2 is 1.75 bits per heavy atom. The van der Waals surface area contributed by atoms with Gasteiger partial charge in [-0.05, 0) is 35.2 Å². The zero-order chi connectivity index (χ0) is 11.0. The van der Waals surface area contributed by atoms with Gasteiger partial charge in [-0.1, -0.05) is 30.3 Å². The number of hydrogen-bond acceptors (Lipinski definition) is 1.